The largest absolute Gasteiger partial charge is 0.416 e. The van der Waals surface area contributed by atoms with E-state index in [2.05, 4.69) is 31.2 Å². The minimum atomic E-state index is -4.96. The summed E-state index contributed by atoms with van der Waals surface area (Å²) < 4.78 is 94.9. The van der Waals surface area contributed by atoms with E-state index in [0.717, 1.165) is 25.7 Å². The van der Waals surface area contributed by atoms with Gasteiger partial charge in [0.15, 0.2) is 6.29 Å². The SMILES string of the molecule is Fc1ccc(CN(Cc2cc(C(F)(F)F)cc(C(F)(F)F)c2)C2N=NNN2)c(N(CC2CC2)CC2CC2)n1. The van der Waals surface area contributed by atoms with E-state index in [1.165, 1.54) is 11.0 Å². The van der Waals surface area contributed by atoms with E-state index < -0.39 is 35.7 Å². The minimum Gasteiger partial charge on any atom is -0.356 e. The second kappa shape index (κ2) is 10.3. The molecule has 2 fully saturated rings. The van der Waals surface area contributed by atoms with Gasteiger partial charge in [-0.1, -0.05) is 5.22 Å². The van der Waals surface area contributed by atoms with E-state index in [1.54, 1.807) is 6.07 Å². The Labute approximate surface area is 214 Å². The number of nitrogens with one attached hydrogen (secondary N) is 2. The Morgan fingerprint density at radius 3 is 1.95 bits per heavy atom. The van der Waals surface area contributed by atoms with Crippen molar-refractivity contribution in [1.82, 2.24) is 20.8 Å². The lowest BCUT2D eigenvalue weighted by molar-refractivity contribution is -0.143. The Hall–Kier alpha value is -3.00. The van der Waals surface area contributed by atoms with E-state index >= 15 is 0 Å². The summed E-state index contributed by atoms with van der Waals surface area (Å²) in [4.78, 5) is 7.73. The molecule has 0 bridgehead atoms. The third kappa shape index (κ3) is 6.70. The summed E-state index contributed by atoms with van der Waals surface area (Å²) in [5.41, 5.74) is 2.73. The Morgan fingerprint density at radius 2 is 1.45 bits per heavy atom. The number of hydrogen-bond acceptors (Lipinski definition) is 7. The van der Waals surface area contributed by atoms with Gasteiger partial charge in [-0.15, -0.1) is 5.11 Å². The van der Waals surface area contributed by atoms with E-state index in [4.69, 9.17) is 0 Å². The number of pyridine rings is 1. The molecule has 14 heteroatoms. The van der Waals surface area contributed by atoms with E-state index in [0.29, 0.717) is 48.4 Å². The van der Waals surface area contributed by atoms with Crippen LogP contribution in [0.15, 0.2) is 40.7 Å². The quantitative estimate of drug-likeness (QED) is 0.299. The number of hydrazine groups is 1. The lowest BCUT2D eigenvalue weighted by Crippen LogP contribution is -2.44. The lowest BCUT2D eigenvalue weighted by atomic mass is 10.0. The third-order valence-electron chi connectivity index (χ3n) is 6.74. The van der Waals surface area contributed by atoms with E-state index in [-0.39, 0.29) is 24.7 Å². The fraction of sp³-hybridized carbons (Fsp3) is 0.542. The second-order valence-corrected chi connectivity index (χ2v) is 10.1. The molecule has 2 heterocycles. The molecule has 7 nitrogen and oxygen atoms in total. The number of anilines is 1. The summed E-state index contributed by atoms with van der Waals surface area (Å²) in [5, 5.41) is 7.58. The summed E-state index contributed by atoms with van der Waals surface area (Å²) >= 11 is 0. The van der Waals surface area contributed by atoms with Crippen molar-refractivity contribution < 1.29 is 30.7 Å². The van der Waals surface area contributed by atoms with Crippen molar-refractivity contribution in [2.24, 2.45) is 22.2 Å². The smallest absolute Gasteiger partial charge is 0.356 e. The van der Waals surface area contributed by atoms with Crippen molar-refractivity contribution in [3.63, 3.8) is 0 Å². The highest BCUT2D eigenvalue weighted by atomic mass is 19.4. The minimum absolute atomic E-state index is 0.0183. The molecule has 38 heavy (non-hydrogen) atoms. The Balaban J connectivity index is 1.47. The molecule has 5 rings (SSSR count). The molecular weight excluding hydrogens is 519 g/mol. The molecule has 0 spiro atoms. The zero-order valence-corrected chi connectivity index (χ0v) is 20.2. The fourth-order valence-corrected chi connectivity index (χ4v) is 4.48. The first-order valence-electron chi connectivity index (χ1n) is 12.3. The fourth-order valence-electron chi connectivity index (χ4n) is 4.48. The molecule has 1 aliphatic heterocycles. The van der Waals surface area contributed by atoms with Crippen LogP contribution in [0.2, 0.25) is 0 Å². The number of rotatable bonds is 10. The molecule has 0 saturated heterocycles. The highest BCUT2D eigenvalue weighted by molar-refractivity contribution is 5.47. The molecule has 1 atom stereocenters. The topological polar surface area (TPSA) is 68.2 Å². The lowest BCUT2D eigenvalue weighted by Gasteiger charge is -2.30. The van der Waals surface area contributed by atoms with Gasteiger partial charge in [-0.3, -0.25) is 4.90 Å². The number of halogens is 7. The molecule has 0 amide bonds. The first-order valence-corrected chi connectivity index (χ1v) is 12.3. The normalized spacial score (nSPS) is 19.7. The zero-order chi connectivity index (χ0) is 27.1. The van der Waals surface area contributed by atoms with Crippen LogP contribution in [-0.2, 0) is 25.4 Å². The third-order valence-corrected chi connectivity index (χ3v) is 6.74. The van der Waals surface area contributed by atoms with E-state index in [1.807, 2.05) is 0 Å². The van der Waals surface area contributed by atoms with Gasteiger partial charge in [0, 0.05) is 31.7 Å². The molecule has 2 aromatic rings. The number of aromatic nitrogens is 1. The van der Waals surface area contributed by atoms with Crippen LogP contribution in [0, 0.1) is 17.8 Å². The van der Waals surface area contributed by atoms with Gasteiger partial charge in [0.2, 0.25) is 5.95 Å². The summed E-state index contributed by atoms with van der Waals surface area (Å²) in [5.74, 6) is 0.739. The van der Waals surface area contributed by atoms with Crippen LogP contribution in [0.1, 0.15) is 47.9 Å². The first kappa shape index (κ1) is 26.6. The number of alkyl halides is 6. The van der Waals surface area contributed by atoms with Crippen LogP contribution < -0.4 is 15.9 Å². The van der Waals surface area contributed by atoms with Gasteiger partial charge in [-0.05, 0) is 73.4 Å². The zero-order valence-electron chi connectivity index (χ0n) is 20.2. The van der Waals surface area contributed by atoms with Crippen molar-refractivity contribution in [1.29, 1.82) is 0 Å². The average molecular weight is 546 g/mol. The molecule has 3 aliphatic rings. The van der Waals surface area contributed by atoms with Crippen LogP contribution in [0.25, 0.3) is 0 Å². The summed E-state index contributed by atoms with van der Waals surface area (Å²) in [6, 6.07) is 4.22. The van der Waals surface area contributed by atoms with Crippen LogP contribution in [-0.4, -0.2) is 29.3 Å². The molecular formula is C24H26F7N7. The Bertz CT molecular complexity index is 1130. The molecule has 1 aromatic carbocycles. The number of hydrogen-bond donors (Lipinski definition) is 2. The first-order chi connectivity index (χ1) is 18.0. The molecule has 2 aliphatic carbocycles. The maximum atomic E-state index is 14.3. The van der Waals surface area contributed by atoms with E-state index in [9.17, 15) is 30.7 Å². The molecule has 206 valence electrons. The number of nitrogens with zero attached hydrogens (tertiary/aromatic N) is 5. The number of benzene rings is 1. The Kier molecular flexibility index (Phi) is 7.20. The van der Waals surface area contributed by atoms with Crippen molar-refractivity contribution in [2.45, 2.75) is 57.4 Å². The van der Waals surface area contributed by atoms with Gasteiger partial charge >= 0.3 is 12.4 Å². The van der Waals surface area contributed by atoms with Gasteiger partial charge in [0.05, 0.1) is 11.1 Å². The predicted molar refractivity (Wildman–Crippen MR) is 122 cm³/mol. The maximum absolute atomic E-state index is 14.3. The summed E-state index contributed by atoms with van der Waals surface area (Å²) in [7, 11) is 0. The van der Waals surface area contributed by atoms with Gasteiger partial charge in [0.25, 0.3) is 0 Å². The maximum Gasteiger partial charge on any atom is 0.416 e. The molecule has 2 saturated carbocycles. The highest BCUT2D eigenvalue weighted by Gasteiger charge is 2.37. The van der Waals surface area contributed by atoms with Crippen LogP contribution >= 0.6 is 0 Å². The van der Waals surface area contributed by atoms with Gasteiger partial charge < -0.3 is 4.90 Å². The van der Waals surface area contributed by atoms with Crippen LogP contribution in [0.5, 0.6) is 0 Å². The molecule has 0 radical (unpaired) electrons. The highest BCUT2D eigenvalue weighted by Crippen LogP contribution is 2.38. The molecule has 1 unspecified atom stereocenters. The van der Waals surface area contributed by atoms with Gasteiger partial charge in [0.1, 0.15) is 5.82 Å². The predicted octanol–water partition coefficient (Wildman–Crippen LogP) is 5.65. The summed E-state index contributed by atoms with van der Waals surface area (Å²) in [6.45, 7) is 1.12. The van der Waals surface area contributed by atoms with Crippen molar-refractivity contribution in [3.05, 3.63) is 58.5 Å². The standard InChI is InChI=1S/C24H26F7N7/c25-20-6-5-17(21(32-20)37(10-14-1-2-14)11-15-3-4-15)13-38(22-33-35-36-34-22)12-16-7-18(23(26,27)28)9-19(8-16)24(29,30)31/h5-9,14-15,22H,1-4,10-13H2,(H,33,36)(H,34,35). The molecule has 1 aromatic heterocycles. The van der Waals surface area contributed by atoms with Gasteiger partial charge in [-0.25, -0.2) is 10.5 Å². The second-order valence-electron chi connectivity index (χ2n) is 10.1. The van der Waals surface area contributed by atoms with Crippen molar-refractivity contribution >= 4 is 5.82 Å². The monoisotopic (exact) mass is 545 g/mol. The summed E-state index contributed by atoms with van der Waals surface area (Å²) in [6.07, 6.45) is -6.51. The van der Waals surface area contributed by atoms with Crippen LogP contribution in [0.3, 0.4) is 0 Å². The van der Waals surface area contributed by atoms with Crippen molar-refractivity contribution in [2.75, 3.05) is 18.0 Å². The molecule has 2 N–H and O–H groups in total. The van der Waals surface area contributed by atoms with Crippen molar-refractivity contribution in [3.8, 4) is 0 Å². The van der Waals surface area contributed by atoms with Crippen LogP contribution in [0.4, 0.5) is 36.6 Å². The van der Waals surface area contributed by atoms with Gasteiger partial charge in [-0.2, -0.15) is 36.2 Å². The Morgan fingerprint density at radius 1 is 0.842 bits per heavy atom. The average Bonchev–Trinajstić information content (AvgIpc) is 3.78.